The molecule has 0 radical (unpaired) electrons. The zero-order valence-electron chi connectivity index (χ0n) is 10.7. The molecule has 1 N–H and O–H groups in total. The molecule has 2 aliphatic carbocycles. The van der Waals surface area contributed by atoms with Crippen molar-refractivity contribution in [2.24, 2.45) is 5.92 Å². The van der Waals surface area contributed by atoms with Gasteiger partial charge >= 0.3 is 0 Å². The first-order valence-electron chi connectivity index (χ1n) is 6.86. The fourth-order valence-corrected chi connectivity index (χ4v) is 2.55. The number of pyridine rings is 1. The number of hydrogen-bond donors (Lipinski definition) is 1. The first kappa shape index (κ1) is 11.7. The molecule has 1 unspecified atom stereocenters. The number of aromatic nitrogens is 1. The zero-order valence-corrected chi connectivity index (χ0v) is 10.7. The minimum atomic E-state index is 0.0465. The van der Waals surface area contributed by atoms with Gasteiger partial charge in [0.2, 0.25) is 0 Å². The normalized spacial score (nSPS) is 26.4. The van der Waals surface area contributed by atoms with E-state index in [0.717, 1.165) is 25.4 Å². The Kier molecular flexibility index (Phi) is 3.28. The SMILES string of the molecule is C1=CCC(CNCC2CC2)(c2ccccn2)C=C1. The van der Waals surface area contributed by atoms with Gasteiger partial charge in [0, 0.05) is 18.2 Å². The Balaban J connectivity index is 1.75. The molecule has 0 saturated heterocycles. The van der Waals surface area contributed by atoms with Gasteiger partial charge in [0.1, 0.15) is 0 Å². The van der Waals surface area contributed by atoms with E-state index < -0.39 is 0 Å². The molecule has 0 aromatic carbocycles. The third kappa shape index (κ3) is 2.54. The van der Waals surface area contributed by atoms with Crippen LogP contribution in [0, 0.1) is 5.92 Å². The van der Waals surface area contributed by atoms with E-state index in [0.29, 0.717) is 0 Å². The molecule has 1 heterocycles. The number of allylic oxidation sites excluding steroid dienone is 3. The quantitative estimate of drug-likeness (QED) is 0.856. The van der Waals surface area contributed by atoms with Crippen LogP contribution in [0.2, 0.25) is 0 Å². The summed E-state index contributed by atoms with van der Waals surface area (Å²) in [7, 11) is 0. The summed E-state index contributed by atoms with van der Waals surface area (Å²) in [6.07, 6.45) is 14.6. The zero-order chi connectivity index (χ0) is 12.3. The number of nitrogens with one attached hydrogen (secondary N) is 1. The van der Waals surface area contributed by atoms with Crippen molar-refractivity contribution in [1.82, 2.24) is 10.3 Å². The molecule has 0 bridgehead atoms. The van der Waals surface area contributed by atoms with Crippen LogP contribution in [-0.4, -0.2) is 18.1 Å². The first-order chi connectivity index (χ1) is 8.89. The van der Waals surface area contributed by atoms with Crippen molar-refractivity contribution in [3.8, 4) is 0 Å². The molecule has 94 valence electrons. The van der Waals surface area contributed by atoms with Gasteiger partial charge in [0.15, 0.2) is 0 Å². The van der Waals surface area contributed by atoms with E-state index in [2.05, 4.69) is 46.7 Å². The van der Waals surface area contributed by atoms with Crippen LogP contribution in [0.1, 0.15) is 25.0 Å². The summed E-state index contributed by atoms with van der Waals surface area (Å²) in [5, 5.41) is 3.63. The maximum Gasteiger partial charge on any atom is 0.0519 e. The van der Waals surface area contributed by atoms with Crippen molar-refractivity contribution < 1.29 is 0 Å². The van der Waals surface area contributed by atoms with Gasteiger partial charge in [-0.2, -0.15) is 0 Å². The third-order valence-corrected chi connectivity index (χ3v) is 3.89. The Bertz CT molecular complexity index is 445. The number of nitrogens with zero attached hydrogens (tertiary/aromatic N) is 1. The highest BCUT2D eigenvalue weighted by molar-refractivity contribution is 5.32. The smallest absolute Gasteiger partial charge is 0.0519 e. The van der Waals surface area contributed by atoms with Gasteiger partial charge in [-0.05, 0) is 43.9 Å². The van der Waals surface area contributed by atoms with E-state index in [1.165, 1.54) is 18.5 Å². The Morgan fingerprint density at radius 3 is 2.89 bits per heavy atom. The van der Waals surface area contributed by atoms with Crippen LogP contribution in [0.3, 0.4) is 0 Å². The molecule has 1 aromatic heterocycles. The molecule has 0 spiro atoms. The second kappa shape index (κ2) is 5.07. The van der Waals surface area contributed by atoms with E-state index in [-0.39, 0.29) is 5.41 Å². The lowest BCUT2D eigenvalue weighted by Crippen LogP contribution is -2.38. The summed E-state index contributed by atoms with van der Waals surface area (Å²) in [4.78, 5) is 4.56. The maximum atomic E-state index is 4.56. The molecule has 3 rings (SSSR count). The van der Waals surface area contributed by atoms with Crippen LogP contribution in [0.4, 0.5) is 0 Å². The van der Waals surface area contributed by atoms with Crippen molar-refractivity contribution in [3.63, 3.8) is 0 Å². The van der Waals surface area contributed by atoms with Crippen LogP contribution in [0.25, 0.3) is 0 Å². The lowest BCUT2D eigenvalue weighted by molar-refractivity contribution is 0.461. The second-order valence-electron chi connectivity index (χ2n) is 5.44. The van der Waals surface area contributed by atoms with Crippen molar-refractivity contribution in [2.75, 3.05) is 13.1 Å². The molecular formula is C16H20N2. The van der Waals surface area contributed by atoms with Crippen molar-refractivity contribution in [1.29, 1.82) is 0 Å². The lowest BCUT2D eigenvalue weighted by Gasteiger charge is -2.31. The largest absolute Gasteiger partial charge is 0.315 e. The molecule has 1 saturated carbocycles. The van der Waals surface area contributed by atoms with Gasteiger partial charge in [-0.3, -0.25) is 4.98 Å². The van der Waals surface area contributed by atoms with Crippen LogP contribution in [-0.2, 0) is 5.41 Å². The Morgan fingerprint density at radius 2 is 2.22 bits per heavy atom. The molecule has 1 fully saturated rings. The highest BCUT2D eigenvalue weighted by Crippen LogP contribution is 2.32. The minimum Gasteiger partial charge on any atom is -0.315 e. The monoisotopic (exact) mass is 240 g/mol. The topological polar surface area (TPSA) is 24.9 Å². The third-order valence-electron chi connectivity index (χ3n) is 3.89. The Hall–Kier alpha value is -1.41. The Labute approximate surface area is 109 Å². The van der Waals surface area contributed by atoms with E-state index in [4.69, 9.17) is 0 Å². The van der Waals surface area contributed by atoms with E-state index in [1.807, 2.05) is 12.3 Å². The summed E-state index contributed by atoms with van der Waals surface area (Å²) < 4.78 is 0. The summed E-state index contributed by atoms with van der Waals surface area (Å²) >= 11 is 0. The molecule has 0 aliphatic heterocycles. The molecular weight excluding hydrogens is 220 g/mol. The summed E-state index contributed by atoms with van der Waals surface area (Å²) in [5.41, 5.74) is 1.22. The van der Waals surface area contributed by atoms with Gasteiger partial charge in [0.25, 0.3) is 0 Å². The molecule has 1 aromatic rings. The van der Waals surface area contributed by atoms with E-state index in [9.17, 15) is 0 Å². The number of rotatable bonds is 5. The molecule has 2 nitrogen and oxygen atoms in total. The van der Waals surface area contributed by atoms with Crippen molar-refractivity contribution in [3.05, 3.63) is 54.4 Å². The van der Waals surface area contributed by atoms with Crippen LogP contribution < -0.4 is 5.32 Å². The maximum absolute atomic E-state index is 4.56. The first-order valence-corrected chi connectivity index (χ1v) is 6.86. The van der Waals surface area contributed by atoms with Gasteiger partial charge in [0.05, 0.1) is 5.69 Å². The van der Waals surface area contributed by atoms with Gasteiger partial charge in [-0.1, -0.05) is 30.4 Å². The standard InChI is InChI=1S/C16H20N2/c1-3-9-16(10-4-1,13-17-12-14-7-8-14)15-6-2-5-11-18-15/h1-6,9,11,14,17H,7-8,10,12-13H2. The summed E-state index contributed by atoms with van der Waals surface area (Å²) in [6, 6.07) is 6.21. The number of hydrogen-bond acceptors (Lipinski definition) is 2. The molecule has 1 atom stereocenters. The summed E-state index contributed by atoms with van der Waals surface area (Å²) in [5.74, 6) is 0.925. The predicted octanol–water partition coefficient (Wildman–Crippen LogP) is 2.84. The van der Waals surface area contributed by atoms with Gasteiger partial charge in [-0.15, -0.1) is 0 Å². The van der Waals surface area contributed by atoms with E-state index >= 15 is 0 Å². The van der Waals surface area contributed by atoms with Crippen LogP contribution in [0.15, 0.2) is 48.7 Å². The molecule has 2 aliphatic rings. The minimum absolute atomic E-state index is 0.0465. The fourth-order valence-electron chi connectivity index (χ4n) is 2.55. The lowest BCUT2D eigenvalue weighted by atomic mass is 9.78. The van der Waals surface area contributed by atoms with Crippen molar-refractivity contribution in [2.45, 2.75) is 24.7 Å². The van der Waals surface area contributed by atoms with E-state index in [1.54, 1.807) is 0 Å². The molecule has 18 heavy (non-hydrogen) atoms. The highest BCUT2D eigenvalue weighted by atomic mass is 14.9. The fraction of sp³-hybridized carbons (Fsp3) is 0.438. The molecule has 0 amide bonds. The van der Waals surface area contributed by atoms with Crippen LogP contribution >= 0.6 is 0 Å². The second-order valence-corrected chi connectivity index (χ2v) is 5.44. The predicted molar refractivity (Wildman–Crippen MR) is 74.4 cm³/mol. The average Bonchev–Trinajstić information content (AvgIpc) is 3.25. The summed E-state index contributed by atoms with van der Waals surface area (Å²) in [6.45, 7) is 2.15. The molecule has 2 heteroatoms. The average molecular weight is 240 g/mol. The van der Waals surface area contributed by atoms with Crippen LogP contribution in [0.5, 0.6) is 0 Å². The van der Waals surface area contributed by atoms with Gasteiger partial charge < -0.3 is 5.32 Å². The highest BCUT2D eigenvalue weighted by Gasteiger charge is 2.31. The van der Waals surface area contributed by atoms with Gasteiger partial charge in [-0.25, -0.2) is 0 Å². The Morgan fingerprint density at radius 1 is 1.28 bits per heavy atom. The van der Waals surface area contributed by atoms with Crippen molar-refractivity contribution >= 4 is 0 Å².